The Morgan fingerprint density at radius 1 is 1.35 bits per heavy atom. The summed E-state index contributed by atoms with van der Waals surface area (Å²) in [5.74, 6) is 1.42. The van der Waals surface area contributed by atoms with Gasteiger partial charge in [0.05, 0.1) is 12.8 Å². The van der Waals surface area contributed by atoms with Crippen LogP contribution in [0.2, 0.25) is 0 Å². The second-order valence-corrected chi connectivity index (χ2v) is 5.94. The number of carbonyl (C=O) groups is 1. The first kappa shape index (κ1) is 15.2. The predicted molar refractivity (Wildman–Crippen MR) is 88.7 cm³/mol. The molecule has 3 aromatic rings. The fourth-order valence-corrected chi connectivity index (χ4v) is 2.70. The fraction of sp³-hybridized carbons (Fsp3) is 0.286. The molecule has 3 aromatic heterocycles. The van der Waals surface area contributed by atoms with Crippen molar-refractivity contribution in [3.05, 3.63) is 28.8 Å². The van der Waals surface area contributed by atoms with Gasteiger partial charge in [-0.3, -0.25) is 4.79 Å². The normalized spacial score (nSPS) is 10.8. The van der Waals surface area contributed by atoms with Crippen molar-refractivity contribution in [2.75, 3.05) is 31.4 Å². The van der Waals surface area contributed by atoms with Gasteiger partial charge in [0.1, 0.15) is 16.5 Å². The molecule has 0 saturated heterocycles. The maximum Gasteiger partial charge on any atom is 0.268 e. The maximum absolute atomic E-state index is 12.3. The quantitative estimate of drug-likeness (QED) is 0.784. The molecule has 3 heterocycles. The molecule has 1 N–H and O–H groups in total. The van der Waals surface area contributed by atoms with Gasteiger partial charge in [-0.1, -0.05) is 0 Å². The predicted octanol–water partition coefficient (Wildman–Crippen LogP) is 1.82. The SMILES string of the molecule is COc1cc(C(=O)Nc2cc(N(C)C)n3nc(C)cc3n2)sn1. The number of nitrogens with one attached hydrogen (secondary N) is 1. The lowest BCUT2D eigenvalue weighted by Gasteiger charge is -2.15. The third-order valence-electron chi connectivity index (χ3n) is 3.15. The van der Waals surface area contributed by atoms with E-state index in [1.54, 1.807) is 16.6 Å². The molecule has 0 aromatic carbocycles. The highest BCUT2D eigenvalue weighted by Gasteiger charge is 2.15. The third kappa shape index (κ3) is 2.95. The second kappa shape index (κ2) is 5.84. The molecule has 0 bridgehead atoms. The van der Waals surface area contributed by atoms with E-state index in [1.165, 1.54) is 7.11 Å². The highest BCUT2D eigenvalue weighted by Crippen LogP contribution is 2.21. The Labute approximate surface area is 136 Å². The first-order valence-electron chi connectivity index (χ1n) is 6.84. The van der Waals surface area contributed by atoms with Crippen LogP contribution in [-0.4, -0.2) is 46.1 Å². The lowest BCUT2D eigenvalue weighted by Crippen LogP contribution is -2.17. The molecular formula is C14H16N6O2S. The van der Waals surface area contributed by atoms with Crippen molar-refractivity contribution >= 4 is 34.7 Å². The van der Waals surface area contributed by atoms with Crippen LogP contribution >= 0.6 is 11.5 Å². The molecule has 9 heteroatoms. The van der Waals surface area contributed by atoms with E-state index in [1.807, 2.05) is 32.0 Å². The van der Waals surface area contributed by atoms with Crippen molar-refractivity contribution in [3.63, 3.8) is 0 Å². The average molecular weight is 332 g/mol. The van der Waals surface area contributed by atoms with E-state index in [0.29, 0.717) is 22.2 Å². The van der Waals surface area contributed by atoms with Crippen molar-refractivity contribution in [2.45, 2.75) is 6.92 Å². The summed E-state index contributed by atoms with van der Waals surface area (Å²) in [4.78, 5) is 19.1. The molecule has 0 aliphatic heterocycles. The maximum atomic E-state index is 12.3. The zero-order chi connectivity index (χ0) is 16.6. The molecule has 3 rings (SSSR count). The summed E-state index contributed by atoms with van der Waals surface area (Å²) in [7, 11) is 5.33. The fourth-order valence-electron chi connectivity index (χ4n) is 2.10. The number of aromatic nitrogens is 4. The molecule has 23 heavy (non-hydrogen) atoms. The van der Waals surface area contributed by atoms with Crippen LogP contribution in [0.1, 0.15) is 15.4 Å². The van der Waals surface area contributed by atoms with E-state index in [-0.39, 0.29) is 5.91 Å². The molecule has 8 nitrogen and oxygen atoms in total. The van der Waals surface area contributed by atoms with Gasteiger partial charge < -0.3 is 15.0 Å². The highest BCUT2D eigenvalue weighted by atomic mass is 32.1. The molecule has 0 aliphatic carbocycles. The number of fused-ring (bicyclic) bond motifs is 1. The number of methoxy groups -OCH3 is 1. The number of nitrogens with zero attached hydrogens (tertiary/aromatic N) is 5. The van der Waals surface area contributed by atoms with E-state index in [9.17, 15) is 4.79 Å². The van der Waals surface area contributed by atoms with Crippen LogP contribution < -0.4 is 15.0 Å². The largest absolute Gasteiger partial charge is 0.480 e. The lowest BCUT2D eigenvalue weighted by atomic mass is 10.4. The minimum absolute atomic E-state index is 0.274. The number of rotatable bonds is 4. The van der Waals surface area contributed by atoms with E-state index < -0.39 is 0 Å². The molecule has 0 fully saturated rings. The van der Waals surface area contributed by atoms with Crippen LogP contribution in [0.3, 0.4) is 0 Å². The molecule has 0 atom stereocenters. The van der Waals surface area contributed by atoms with Gasteiger partial charge in [-0.15, -0.1) is 0 Å². The standard InChI is InChI=1S/C14H16N6O2S/c1-8-5-11-15-10(7-13(19(2)3)20(11)17-8)16-14(21)9-6-12(22-4)18-23-9/h5-7H,1-4H3,(H,15,16,21). The number of ether oxygens (including phenoxy) is 1. The molecule has 0 unspecified atom stereocenters. The summed E-state index contributed by atoms with van der Waals surface area (Å²) in [6.07, 6.45) is 0. The number of aryl methyl sites for hydroxylation is 1. The van der Waals surface area contributed by atoms with E-state index in [2.05, 4.69) is 19.8 Å². The number of hydrogen-bond donors (Lipinski definition) is 1. The lowest BCUT2D eigenvalue weighted by molar-refractivity contribution is 0.103. The number of anilines is 2. The highest BCUT2D eigenvalue weighted by molar-refractivity contribution is 7.08. The van der Waals surface area contributed by atoms with Gasteiger partial charge in [0.25, 0.3) is 5.91 Å². The van der Waals surface area contributed by atoms with Gasteiger partial charge in [-0.05, 0) is 18.5 Å². The number of hydrogen-bond acceptors (Lipinski definition) is 7. The summed E-state index contributed by atoms with van der Waals surface area (Å²) in [6.45, 7) is 1.90. The van der Waals surface area contributed by atoms with E-state index >= 15 is 0 Å². The van der Waals surface area contributed by atoms with Crippen LogP contribution in [0.5, 0.6) is 5.88 Å². The minimum atomic E-state index is -0.274. The van der Waals surface area contributed by atoms with Gasteiger partial charge in [0, 0.05) is 32.3 Å². The van der Waals surface area contributed by atoms with Crippen LogP contribution in [-0.2, 0) is 0 Å². The minimum Gasteiger partial charge on any atom is -0.480 e. The third-order valence-corrected chi connectivity index (χ3v) is 3.92. The zero-order valence-corrected chi connectivity index (χ0v) is 14.0. The topological polar surface area (TPSA) is 84.7 Å². The Balaban J connectivity index is 1.94. The second-order valence-electron chi connectivity index (χ2n) is 5.14. The molecule has 1 amide bonds. The van der Waals surface area contributed by atoms with Crippen LogP contribution in [0.25, 0.3) is 5.65 Å². The smallest absolute Gasteiger partial charge is 0.268 e. The van der Waals surface area contributed by atoms with E-state index in [0.717, 1.165) is 23.0 Å². The number of carbonyl (C=O) groups excluding carboxylic acids is 1. The molecule has 0 spiro atoms. The van der Waals surface area contributed by atoms with Crippen LogP contribution in [0, 0.1) is 6.92 Å². The average Bonchev–Trinajstić information content (AvgIpc) is 3.11. The summed E-state index contributed by atoms with van der Waals surface area (Å²) in [6, 6.07) is 5.22. The first-order valence-corrected chi connectivity index (χ1v) is 7.62. The summed E-state index contributed by atoms with van der Waals surface area (Å²) >= 11 is 1.08. The Morgan fingerprint density at radius 2 is 2.13 bits per heavy atom. The molecule has 120 valence electrons. The van der Waals surface area contributed by atoms with Crippen molar-refractivity contribution in [3.8, 4) is 5.88 Å². The molecule has 0 radical (unpaired) electrons. The Kier molecular flexibility index (Phi) is 3.87. The Morgan fingerprint density at radius 3 is 2.78 bits per heavy atom. The van der Waals surface area contributed by atoms with Gasteiger partial charge in [-0.25, -0.2) is 4.98 Å². The molecule has 0 aliphatic rings. The molecular weight excluding hydrogens is 316 g/mol. The monoisotopic (exact) mass is 332 g/mol. The number of amides is 1. The summed E-state index contributed by atoms with van der Waals surface area (Å²) < 4.78 is 10.7. The van der Waals surface area contributed by atoms with Gasteiger partial charge in [0.15, 0.2) is 5.65 Å². The van der Waals surface area contributed by atoms with Gasteiger partial charge in [0.2, 0.25) is 5.88 Å². The van der Waals surface area contributed by atoms with Gasteiger partial charge in [-0.2, -0.15) is 14.0 Å². The van der Waals surface area contributed by atoms with Crippen molar-refractivity contribution in [1.82, 2.24) is 19.0 Å². The Hall–Kier alpha value is -2.68. The first-order chi connectivity index (χ1) is 11.0. The van der Waals surface area contributed by atoms with Crippen molar-refractivity contribution in [1.29, 1.82) is 0 Å². The van der Waals surface area contributed by atoms with Crippen molar-refractivity contribution < 1.29 is 9.53 Å². The van der Waals surface area contributed by atoms with Crippen molar-refractivity contribution in [2.24, 2.45) is 0 Å². The summed E-state index contributed by atoms with van der Waals surface area (Å²) in [5, 5.41) is 7.19. The van der Waals surface area contributed by atoms with E-state index in [4.69, 9.17) is 4.74 Å². The van der Waals surface area contributed by atoms with Gasteiger partial charge >= 0.3 is 0 Å². The zero-order valence-electron chi connectivity index (χ0n) is 13.2. The summed E-state index contributed by atoms with van der Waals surface area (Å²) in [5.41, 5.74) is 1.53. The Bertz CT molecular complexity index is 869. The van der Waals surface area contributed by atoms with Crippen LogP contribution in [0.15, 0.2) is 18.2 Å². The molecule has 0 saturated carbocycles. The van der Waals surface area contributed by atoms with Crippen LogP contribution in [0.4, 0.5) is 11.6 Å².